The molecule has 0 bridgehead atoms. The first-order valence-electron chi connectivity index (χ1n) is 4.31. The topological polar surface area (TPSA) is 29.5 Å². The maximum absolute atomic E-state index is 9.62. The van der Waals surface area contributed by atoms with Crippen molar-refractivity contribution in [2.24, 2.45) is 5.92 Å². The van der Waals surface area contributed by atoms with Crippen LogP contribution in [0.1, 0.15) is 33.1 Å². The Morgan fingerprint density at radius 3 is 2.55 bits per heavy atom. The molecule has 1 saturated carbocycles. The van der Waals surface area contributed by atoms with Crippen LogP contribution in [0.25, 0.3) is 0 Å². The third kappa shape index (κ3) is 1.74. The minimum atomic E-state index is -0.294. The fourth-order valence-electron chi connectivity index (χ4n) is 1.90. The average Bonchev–Trinajstić information content (AvgIpc) is 1.98. The Labute approximate surface area is 68.6 Å². The molecule has 0 heterocycles. The highest BCUT2D eigenvalue weighted by atomic mass is 16.5. The van der Waals surface area contributed by atoms with Gasteiger partial charge >= 0.3 is 0 Å². The van der Waals surface area contributed by atoms with Gasteiger partial charge < -0.3 is 9.84 Å². The van der Waals surface area contributed by atoms with E-state index in [0.717, 1.165) is 19.3 Å². The molecule has 1 rings (SSSR count). The summed E-state index contributed by atoms with van der Waals surface area (Å²) in [6.45, 7) is 4.20. The van der Waals surface area contributed by atoms with Crippen LogP contribution in [-0.4, -0.2) is 23.9 Å². The van der Waals surface area contributed by atoms with Gasteiger partial charge in [-0.15, -0.1) is 0 Å². The molecular formula is C9H18O2. The first kappa shape index (κ1) is 9.01. The molecule has 0 aromatic carbocycles. The van der Waals surface area contributed by atoms with Crippen molar-refractivity contribution in [3.8, 4) is 0 Å². The normalized spacial score (nSPS) is 45.8. The molecule has 2 heteroatoms. The highest BCUT2D eigenvalue weighted by Crippen LogP contribution is 2.34. The summed E-state index contributed by atoms with van der Waals surface area (Å²) in [6, 6.07) is 0. The summed E-state index contributed by atoms with van der Waals surface area (Å²) in [5.41, 5.74) is -0.294. The quantitative estimate of drug-likeness (QED) is 0.627. The van der Waals surface area contributed by atoms with Crippen LogP contribution in [0, 0.1) is 5.92 Å². The standard InChI is InChI=1S/C9H18O2/c1-7-4-5-8(10)9(2,6-7)11-3/h7-8,10H,4-6H2,1-3H3/t7-,8?,9+/m0/s1. The molecule has 11 heavy (non-hydrogen) atoms. The minimum absolute atomic E-state index is 0.274. The fourth-order valence-corrected chi connectivity index (χ4v) is 1.90. The number of hydrogen-bond donors (Lipinski definition) is 1. The zero-order valence-electron chi connectivity index (χ0n) is 7.63. The van der Waals surface area contributed by atoms with Gasteiger partial charge in [0.2, 0.25) is 0 Å². The molecule has 1 aliphatic rings. The zero-order chi connectivity index (χ0) is 8.48. The van der Waals surface area contributed by atoms with Gasteiger partial charge in [-0.05, 0) is 32.1 Å². The SMILES string of the molecule is CO[C@]1(C)C[C@@H](C)CCC1O. The molecular weight excluding hydrogens is 140 g/mol. The van der Waals surface area contributed by atoms with E-state index < -0.39 is 0 Å². The van der Waals surface area contributed by atoms with E-state index in [9.17, 15) is 5.11 Å². The second-order valence-electron chi connectivity index (χ2n) is 3.92. The molecule has 0 aliphatic heterocycles. The maximum atomic E-state index is 9.62. The van der Waals surface area contributed by atoms with E-state index in [1.807, 2.05) is 6.92 Å². The number of aliphatic hydroxyl groups is 1. The fraction of sp³-hybridized carbons (Fsp3) is 1.00. The molecule has 2 nitrogen and oxygen atoms in total. The largest absolute Gasteiger partial charge is 0.390 e. The molecule has 0 aromatic rings. The van der Waals surface area contributed by atoms with E-state index in [4.69, 9.17) is 4.74 Å². The van der Waals surface area contributed by atoms with Gasteiger partial charge in [-0.3, -0.25) is 0 Å². The van der Waals surface area contributed by atoms with Crippen LogP contribution < -0.4 is 0 Å². The van der Waals surface area contributed by atoms with Crippen LogP contribution in [0.5, 0.6) is 0 Å². The molecule has 3 atom stereocenters. The van der Waals surface area contributed by atoms with Crippen molar-refractivity contribution in [2.45, 2.75) is 44.8 Å². The van der Waals surface area contributed by atoms with Crippen molar-refractivity contribution in [3.63, 3.8) is 0 Å². The molecule has 66 valence electrons. The summed E-state index contributed by atoms with van der Waals surface area (Å²) in [4.78, 5) is 0. The number of rotatable bonds is 1. The number of methoxy groups -OCH3 is 1. The second kappa shape index (κ2) is 3.11. The Hall–Kier alpha value is -0.0800. The summed E-state index contributed by atoms with van der Waals surface area (Å²) in [5.74, 6) is 0.684. The van der Waals surface area contributed by atoms with E-state index in [0.29, 0.717) is 5.92 Å². The van der Waals surface area contributed by atoms with Gasteiger partial charge in [0, 0.05) is 7.11 Å². The predicted octanol–water partition coefficient (Wildman–Crippen LogP) is 1.57. The van der Waals surface area contributed by atoms with Crippen LogP contribution in [0.3, 0.4) is 0 Å². The Bertz CT molecular complexity index is 136. The molecule has 0 aromatic heterocycles. The van der Waals surface area contributed by atoms with E-state index in [-0.39, 0.29) is 11.7 Å². The van der Waals surface area contributed by atoms with Gasteiger partial charge in [0.25, 0.3) is 0 Å². The lowest BCUT2D eigenvalue weighted by molar-refractivity contribution is -0.122. The maximum Gasteiger partial charge on any atom is 0.0910 e. The number of ether oxygens (including phenoxy) is 1. The minimum Gasteiger partial charge on any atom is -0.390 e. The molecule has 1 unspecified atom stereocenters. The van der Waals surface area contributed by atoms with Crippen LogP contribution in [0.15, 0.2) is 0 Å². The first-order valence-corrected chi connectivity index (χ1v) is 4.31. The van der Waals surface area contributed by atoms with Gasteiger partial charge in [0.05, 0.1) is 11.7 Å². The summed E-state index contributed by atoms with van der Waals surface area (Å²) < 4.78 is 5.31. The van der Waals surface area contributed by atoms with E-state index >= 15 is 0 Å². The first-order chi connectivity index (χ1) is 5.08. The third-order valence-corrected chi connectivity index (χ3v) is 2.86. The van der Waals surface area contributed by atoms with Crippen molar-refractivity contribution < 1.29 is 9.84 Å². The van der Waals surface area contributed by atoms with Gasteiger partial charge in [0.1, 0.15) is 0 Å². The van der Waals surface area contributed by atoms with Gasteiger partial charge in [0.15, 0.2) is 0 Å². The molecule has 0 saturated heterocycles. The van der Waals surface area contributed by atoms with Gasteiger partial charge in [-0.2, -0.15) is 0 Å². The number of hydrogen-bond acceptors (Lipinski definition) is 2. The lowest BCUT2D eigenvalue weighted by Crippen LogP contribution is -2.45. The van der Waals surface area contributed by atoms with Crippen molar-refractivity contribution in [3.05, 3.63) is 0 Å². The highest BCUT2D eigenvalue weighted by molar-refractivity contribution is 4.89. The van der Waals surface area contributed by atoms with E-state index in [2.05, 4.69) is 6.92 Å². The van der Waals surface area contributed by atoms with Crippen LogP contribution in [0.4, 0.5) is 0 Å². The number of aliphatic hydroxyl groups excluding tert-OH is 1. The van der Waals surface area contributed by atoms with E-state index in [1.54, 1.807) is 7.11 Å². The Morgan fingerprint density at radius 1 is 1.45 bits per heavy atom. The summed E-state index contributed by atoms with van der Waals surface area (Å²) in [5, 5.41) is 9.62. The molecule has 0 spiro atoms. The monoisotopic (exact) mass is 158 g/mol. The Balaban J connectivity index is 2.60. The van der Waals surface area contributed by atoms with Gasteiger partial charge in [-0.1, -0.05) is 6.92 Å². The zero-order valence-corrected chi connectivity index (χ0v) is 7.63. The van der Waals surface area contributed by atoms with E-state index in [1.165, 1.54) is 0 Å². The van der Waals surface area contributed by atoms with Crippen molar-refractivity contribution >= 4 is 0 Å². The summed E-state index contributed by atoms with van der Waals surface area (Å²) in [7, 11) is 1.68. The molecule has 1 N–H and O–H groups in total. The second-order valence-corrected chi connectivity index (χ2v) is 3.92. The van der Waals surface area contributed by atoms with Crippen LogP contribution >= 0.6 is 0 Å². The molecule has 1 fully saturated rings. The molecule has 0 radical (unpaired) electrons. The lowest BCUT2D eigenvalue weighted by Gasteiger charge is -2.39. The Morgan fingerprint density at radius 2 is 2.09 bits per heavy atom. The summed E-state index contributed by atoms with van der Waals surface area (Å²) in [6.07, 6.45) is 2.71. The molecule has 0 amide bonds. The predicted molar refractivity (Wildman–Crippen MR) is 44.4 cm³/mol. The highest BCUT2D eigenvalue weighted by Gasteiger charge is 2.37. The lowest BCUT2D eigenvalue weighted by atomic mass is 9.78. The smallest absolute Gasteiger partial charge is 0.0910 e. The van der Waals surface area contributed by atoms with Crippen LogP contribution in [-0.2, 0) is 4.74 Å². The van der Waals surface area contributed by atoms with Crippen molar-refractivity contribution in [1.82, 2.24) is 0 Å². The average molecular weight is 158 g/mol. The Kier molecular flexibility index (Phi) is 2.55. The summed E-state index contributed by atoms with van der Waals surface area (Å²) >= 11 is 0. The van der Waals surface area contributed by atoms with Crippen molar-refractivity contribution in [2.75, 3.05) is 7.11 Å². The van der Waals surface area contributed by atoms with Gasteiger partial charge in [-0.25, -0.2) is 0 Å². The third-order valence-electron chi connectivity index (χ3n) is 2.86. The van der Waals surface area contributed by atoms with Crippen molar-refractivity contribution in [1.29, 1.82) is 0 Å². The van der Waals surface area contributed by atoms with Crippen LogP contribution in [0.2, 0.25) is 0 Å². The molecule has 1 aliphatic carbocycles.